The zero-order chi connectivity index (χ0) is 21.7. The standard InChI is InChI=1S/C18H12F10/c1-9-6-10(2)14(11-4-3-5-12(19)8-11)13(7-9)15(20,17(23,24)25)16(21,22)18(26,27)28/h3-8H,1-2H3. The van der Waals surface area contributed by atoms with Crippen LogP contribution >= 0.6 is 0 Å². The van der Waals surface area contributed by atoms with Crippen molar-refractivity contribution in [3.05, 3.63) is 58.9 Å². The molecule has 0 fully saturated rings. The fraction of sp³-hybridized carbons (Fsp3) is 0.333. The predicted molar refractivity (Wildman–Crippen MR) is 81.2 cm³/mol. The second-order valence-corrected chi connectivity index (χ2v) is 6.24. The molecule has 1 atom stereocenters. The molecule has 0 aliphatic rings. The first-order valence-corrected chi connectivity index (χ1v) is 7.62. The summed E-state index contributed by atoms with van der Waals surface area (Å²) in [5, 5.41) is 0. The highest BCUT2D eigenvalue weighted by molar-refractivity contribution is 5.73. The van der Waals surface area contributed by atoms with Crippen molar-refractivity contribution in [3.63, 3.8) is 0 Å². The molecule has 10 heteroatoms. The zero-order valence-corrected chi connectivity index (χ0v) is 14.2. The van der Waals surface area contributed by atoms with Gasteiger partial charge in [-0.25, -0.2) is 8.78 Å². The van der Waals surface area contributed by atoms with Crippen LogP contribution in [-0.4, -0.2) is 18.3 Å². The third kappa shape index (κ3) is 3.33. The van der Waals surface area contributed by atoms with Crippen LogP contribution in [0.2, 0.25) is 0 Å². The minimum atomic E-state index is -6.84. The summed E-state index contributed by atoms with van der Waals surface area (Å²) in [7, 11) is 0. The number of hydrogen-bond donors (Lipinski definition) is 0. The Hall–Kier alpha value is -2.26. The summed E-state index contributed by atoms with van der Waals surface area (Å²) in [6.07, 6.45) is -13.5. The van der Waals surface area contributed by atoms with Crippen LogP contribution in [0, 0.1) is 19.7 Å². The molecule has 0 aromatic heterocycles. The van der Waals surface area contributed by atoms with E-state index in [4.69, 9.17) is 0 Å². The average molecular weight is 418 g/mol. The predicted octanol–water partition coefficient (Wildman–Crippen LogP) is 7.03. The number of rotatable bonds is 3. The van der Waals surface area contributed by atoms with Gasteiger partial charge < -0.3 is 0 Å². The quantitative estimate of drug-likeness (QED) is 0.470. The number of alkyl halides is 9. The highest BCUT2D eigenvalue weighted by Gasteiger charge is 2.82. The molecule has 1 unspecified atom stereocenters. The van der Waals surface area contributed by atoms with Crippen molar-refractivity contribution in [1.29, 1.82) is 0 Å². The van der Waals surface area contributed by atoms with Gasteiger partial charge in [0.05, 0.1) is 0 Å². The van der Waals surface area contributed by atoms with Gasteiger partial charge in [0.2, 0.25) is 0 Å². The SMILES string of the molecule is Cc1cc(C)c(-c2cccc(F)c2)c(C(F)(C(F)(F)F)C(F)(F)C(F)(F)F)c1. The molecule has 0 amide bonds. The van der Waals surface area contributed by atoms with E-state index in [1.165, 1.54) is 0 Å². The lowest BCUT2D eigenvalue weighted by molar-refractivity contribution is -0.389. The molecule has 2 aromatic rings. The van der Waals surface area contributed by atoms with Crippen LogP contribution in [0.4, 0.5) is 43.9 Å². The molecule has 2 aromatic carbocycles. The van der Waals surface area contributed by atoms with Gasteiger partial charge >= 0.3 is 23.9 Å². The van der Waals surface area contributed by atoms with E-state index in [0.717, 1.165) is 38.1 Å². The summed E-state index contributed by atoms with van der Waals surface area (Å²) >= 11 is 0. The topological polar surface area (TPSA) is 0 Å². The summed E-state index contributed by atoms with van der Waals surface area (Å²) in [4.78, 5) is 0. The van der Waals surface area contributed by atoms with Gasteiger partial charge in [0.15, 0.2) is 0 Å². The van der Waals surface area contributed by atoms with Crippen LogP contribution in [0.3, 0.4) is 0 Å². The first kappa shape index (κ1) is 22.0. The van der Waals surface area contributed by atoms with E-state index in [-0.39, 0.29) is 17.2 Å². The minimum Gasteiger partial charge on any atom is -0.221 e. The maximum atomic E-state index is 15.0. The minimum absolute atomic E-state index is 0.183. The van der Waals surface area contributed by atoms with Gasteiger partial charge in [0, 0.05) is 5.56 Å². The molecule has 0 saturated heterocycles. The van der Waals surface area contributed by atoms with Crippen molar-refractivity contribution in [2.24, 2.45) is 0 Å². The van der Waals surface area contributed by atoms with E-state index in [9.17, 15) is 39.5 Å². The van der Waals surface area contributed by atoms with Gasteiger partial charge in [-0.05, 0) is 42.7 Å². The normalized spacial score (nSPS) is 15.4. The third-order valence-electron chi connectivity index (χ3n) is 4.14. The van der Waals surface area contributed by atoms with Crippen molar-refractivity contribution >= 4 is 0 Å². The van der Waals surface area contributed by atoms with E-state index >= 15 is 4.39 Å². The first-order valence-electron chi connectivity index (χ1n) is 7.62. The van der Waals surface area contributed by atoms with E-state index < -0.39 is 46.5 Å². The van der Waals surface area contributed by atoms with Gasteiger partial charge in [0.1, 0.15) is 5.82 Å². The highest BCUT2D eigenvalue weighted by Crippen LogP contribution is 2.60. The lowest BCUT2D eigenvalue weighted by Gasteiger charge is -2.37. The Morgan fingerprint density at radius 2 is 1.29 bits per heavy atom. The van der Waals surface area contributed by atoms with Crippen LogP contribution in [-0.2, 0) is 5.67 Å². The van der Waals surface area contributed by atoms with E-state index in [0.29, 0.717) is 6.07 Å². The molecular formula is C18H12F10. The summed E-state index contributed by atoms with van der Waals surface area (Å²) < 4.78 is 135. The summed E-state index contributed by atoms with van der Waals surface area (Å²) in [5.74, 6) is -7.80. The van der Waals surface area contributed by atoms with Crippen LogP contribution in [0.15, 0.2) is 36.4 Å². The number of benzene rings is 2. The number of halogens is 10. The maximum absolute atomic E-state index is 15.0. The molecular weight excluding hydrogens is 406 g/mol. The third-order valence-corrected chi connectivity index (χ3v) is 4.14. The number of aryl methyl sites for hydroxylation is 2. The Morgan fingerprint density at radius 1 is 0.714 bits per heavy atom. The molecule has 0 aliphatic carbocycles. The van der Waals surface area contributed by atoms with Gasteiger partial charge in [-0.2, -0.15) is 35.1 Å². The largest absolute Gasteiger partial charge is 0.457 e. The summed E-state index contributed by atoms with van der Waals surface area (Å²) in [6.45, 7) is 2.20. The van der Waals surface area contributed by atoms with Crippen LogP contribution in [0.1, 0.15) is 16.7 Å². The molecule has 154 valence electrons. The average Bonchev–Trinajstić information content (AvgIpc) is 2.50. The van der Waals surface area contributed by atoms with Crippen molar-refractivity contribution in [3.8, 4) is 11.1 Å². The smallest absolute Gasteiger partial charge is 0.221 e. The molecule has 0 spiro atoms. The van der Waals surface area contributed by atoms with E-state index in [1.54, 1.807) is 0 Å². The molecule has 0 saturated carbocycles. The lowest BCUT2D eigenvalue weighted by Crippen LogP contribution is -2.60. The lowest BCUT2D eigenvalue weighted by atomic mass is 9.80. The maximum Gasteiger partial charge on any atom is 0.457 e. The molecule has 0 heterocycles. The first-order chi connectivity index (χ1) is 12.5. The molecule has 0 nitrogen and oxygen atoms in total. The Kier molecular flexibility index (Phi) is 5.24. The van der Waals surface area contributed by atoms with Crippen molar-refractivity contribution in [1.82, 2.24) is 0 Å². The van der Waals surface area contributed by atoms with Gasteiger partial charge in [-0.3, -0.25) is 0 Å². The van der Waals surface area contributed by atoms with Crippen LogP contribution in [0.25, 0.3) is 11.1 Å². The molecule has 0 bridgehead atoms. The van der Waals surface area contributed by atoms with Crippen LogP contribution in [0.5, 0.6) is 0 Å². The van der Waals surface area contributed by atoms with Crippen LogP contribution < -0.4 is 0 Å². The van der Waals surface area contributed by atoms with Crippen molar-refractivity contribution in [2.45, 2.75) is 37.8 Å². The zero-order valence-electron chi connectivity index (χ0n) is 14.2. The fourth-order valence-electron chi connectivity index (χ4n) is 2.96. The molecule has 0 radical (unpaired) electrons. The number of hydrogen-bond acceptors (Lipinski definition) is 0. The van der Waals surface area contributed by atoms with Gasteiger partial charge in [-0.1, -0.05) is 29.8 Å². The van der Waals surface area contributed by atoms with Crippen molar-refractivity contribution in [2.75, 3.05) is 0 Å². The summed E-state index contributed by atoms with van der Waals surface area (Å²) in [6, 6.07) is 4.90. The van der Waals surface area contributed by atoms with Gasteiger partial charge in [0.25, 0.3) is 0 Å². The fourth-order valence-corrected chi connectivity index (χ4v) is 2.96. The highest BCUT2D eigenvalue weighted by atomic mass is 19.4. The van der Waals surface area contributed by atoms with E-state index in [2.05, 4.69) is 0 Å². The monoisotopic (exact) mass is 418 g/mol. The second kappa shape index (κ2) is 6.66. The Labute approximate surface area is 152 Å². The molecule has 0 N–H and O–H groups in total. The van der Waals surface area contributed by atoms with E-state index in [1.807, 2.05) is 0 Å². The molecule has 28 heavy (non-hydrogen) atoms. The Bertz CT molecular complexity index is 879. The van der Waals surface area contributed by atoms with Gasteiger partial charge in [-0.15, -0.1) is 0 Å². The van der Waals surface area contributed by atoms with Crippen molar-refractivity contribution < 1.29 is 43.9 Å². The summed E-state index contributed by atoms with van der Waals surface area (Å²) in [5.41, 5.74) is -9.82. The second-order valence-electron chi connectivity index (χ2n) is 6.24. The molecule has 2 rings (SSSR count). The molecule has 0 aliphatic heterocycles. The Morgan fingerprint density at radius 3 is 1.75 bits per heavy atom. The Balaban J connectivity index is 3.01.